The lowest BCUT2D eigenvalue weighted by molar-refractivity contribution is 0.222. The third-order valence-corrected chi connectivity index (χ3v) is 3.23. The van der Waals surface area contributed by atoms with Crippen LogP contribution < -0.4 is 15.2 Å². The molecule has 0 spiro atoms. The number of ether oxygens (including phenoxy) is 2. The topological polar surface area (TPSA) is 44.5 Å². The van der Waals surface area contributed by atoms with Gasteiger partial charge in [-0.1, -0.05) is 19.3 Å². The maximum atomic E-state index is 5.86. The molecule has 2 N–H and O–H groups in total. The van der Waals surface area contributed by atoms with Crippen LogP contribution in [0.5, 0.6) is 11.5 Å². The summed E-state index contributed by atoms with van der Waals surface area (Å²) in [5.41, 5.74) is 6.50. The van der Waals surface area contributed by atoms with Crippen molar-refractivity contribution in [1.82, 2.24) is 0 Å². The molecule has 2 rings (SSSR count). The highest BCUT2D eigenvalue weighted by Crippen LogP contribution is 2.30. The molecule has 3 heteroatoms. The number of nitrogen functional groups attached to an aromatic ring is 1. The summed E-state index contributed by atoms with van der Waals surface area (Å²) in [7, 11) is 1.63. The molecule has 0 aromatic heterocycles. The minimum absolute atomic E-state index is 0.646. The molecular formula is C13H19NO2. The molecule has 1 aromatic rings. The molecule has 0 bridgehead atoms. The Morgan fingerprint density at radius 3 is 2.75 bits per heavy atom. The van der Waals surface area contributed by atoms with Crippen LogP contribution in [-0.4, -0.2) is 13.7 Å². The van der Waals surface area contributed by atoms with E-state index in [0.29, 0.717) is 5.69 Å². The van der Waals surface area contributed by atoms with E-state index < -0.39 is 0 Å². The maximum absolute atomic E-state index is 5.86. The number of anilines is 1. The van der Waals surface area contributed by atoms with Crippen LogP contribution in [0.2, 0.25) is 0 Å². The number of rotatable bonds is 5. The fraction of sp³-hybridized carbons (Fsp3) is 0.538. The lowest BCUT2D eigenvalue weighted by Crippen LogP contribution is -2.14. The molecule has 1 aromatic carbocycles. The van der Waals surface area contributed by atoms with Gasteiger partial charge in [0.25, 0.3) is 0 Å². The quantitative estimate of drug-likeness (QED) is 0.777. The summed E-state index contributed by atoms with van der Waals surface area (Å²) in [4.78, 5) is 0. The maximum Gasteiger partial charge on any atom is 0.142 e. The van der Waals surface area contributed by atoms with Crippen molar-refractivity contribution in [2.45, 2.75) is 25.7 Å². The molecule has 3 nitrogen and oxygen atoms in total. The predicted molar refractivity (Wildman–Crippen MR) is 64.9 cm³/mol. The van der Waals surface area contributed by atoms with Crippen LogP contribution in [0.25, 0.3) is 0 Å². The van der Waals surface area contributed by atoms with E-state index in [1.54, 1.807) is 13.2 Å². The molecule has 0 radical (unpaired) electrons. The third-order valence-electron chi connectivity index (χ3n) is 3.23. The van der Waals surface area contributed by atoms with Gasteiger partial charge in [-0.25, -0.2) is 0 Å². The SMILES string of the molecule is COc1ccc(OCCC2CCC2)c(N)c1. The average Bonchev–Trinajstić information content (AvgIpc) is 2.23. The van der Waals surface area contributed by atoms with Gasteiger partial charge in [0, 0.05) is 6.07 Å². The number of benzene rings is 1. The average molecular weight is 221 g/mol. The second kappa shape index (κ2) is 5.10. The largest absolute Gasteiger partial charge is 0.497 e. The van der Waals surface area contributed by atoms with Crippen LogP contribution in [-0.2, 0) is 0 Å². The molecule has 0 heterocycles. The van der Waals surface area contributed by atoms with Crippen molar-refractivity contribution >= 4 is 5.69 Å². The molecule has 16 heavy (non-hydrogen) atoms. The minimum atomic E-state index is 0.646. The van der Waals surface area contributed by atoms with Crippen LogP contribution in [0.3, 0.4) is 0 Å². The normalized spacial score (nSPS) is 15.6. The second-order valence-electron chi connectivity index (χ2n) is 4.34. The van der Waals surface area contributed by atoms with Crippen LogP contribution in [0, 0.1) is 5.92 Å². The Labute approximate surface area is 96.5 Å². The van der Waals surface area contributed by atoms with Gasteiger partial charge >= 0.3 is 0 Å². The molecule has 1 fully saturated rings. The zero-order valence-corrected chi connectivity index (χ0v) is 9.74. The van der Waals surface area contributed by atoms with E-state index in [-0.39, 0.29) is 0 Å². The van der Waals surface area contributed by atoms with E-state index >= 15 is 0 Å². The van der Waals surface area contributed by atoms with Gasteiger partial charge in [-0.3, -0.25) is 0 Å². The van der Waals surface area contributed by atoms with E-state index in [1.807, 2.05) is 12.1 Å². The Kier molecular flexibility index (Phi) is 3.54. The fourth-order valence-electron chi connectivity index (χ4n) is 1.90. The first kappa shape index (κ1) is 11.1. The van der Waals surface area contributed by atoms with Crippen molar-refractivity contribution in [2.75, 3.05) is 19.5 Å². The van der Waals surface area contributed by atoms with Crippen LogP contribution in [0.1, 0.15) is 25.7 Å². The molecular weight excluding hydrogens is 202 g/mol. The third kappa shape index (κ3) is 2.60. The molecule has 88 valence electrons. The highest BCUT2D eigenvalue weighted by Gasteiger charge is 2.17. The molecule has 0 aliphatic heterocycles. The first-order chi connectivity index (χ1) is 7.79. The summed E-state index contributed by atoms with van der Waals surface area (Å²) in [5, 5.41) is 0. The molecule has 0 amide bonds. The van der Waals surface area contributed by atoms with Crippen molar-refractivity contribution in [3.63, 3.8) is 0 Å². The Hall–Kier alpha value is -1.38. The van der Waals surface area contributed by atoms with Gasteiger partial charge < -0.3 is 15.2 Å². The molecule has 1 saturated carbocycles. The number of nitrogens with two attached hydrogens (primary N) is 1. The van der Waals surface area contributed by atoms with Gasteiger partial charge in [-0.05, 0) is 24.5 Å². The molecule has 1 aliphatic rings. The van der Waals surface area contributed by atoms with Crippen molar-refractivity contribution in [2.24, 2.45) is 5.92 Å². The lowest BCUT2D eigenvalue weighted by Gasteiger charge is -2.25. The summed E-state index contributed by atoms with van der Waals surface area (Å²) < 4.78 is 10.7. The first-order valence-corrected chi connectivity index (χ1v) is 5.86. The predicted octanol–water partition coefficient (Wildman–Crippen LogP) is 2.85. The number of hydrogen-bond donors (Lipinski definition) is 1. The van der Waals surface area contributed by atoms with Crippen molar-refractivity contribution < 1.29 is 9.47 Å². The van der Waals surface area contributed by atoms with E-state index in [2.05, 4.69) is 0 Å². The van der Waals surface area contributed by atoms with E-state index in [1.165, 1.54) is 19.3 Å². The fourth-order valence-corrected chi connectivity index (χ4v) is 1.90. The smallest absolute Gasteiger partial charge is 0.142 e. The van der Waals surface area contributed by atoms with Gasteiger partial charge in [-0.2, -0.15) is 0 Å². The van der Waals surface area contributed by atoms with Gasteiger partial charge in [0.2, 0.25) is 0 Å². The Morgan fingerprint density at radius 1 is 1.38 bits per heavy atom. The first-order valence-electron chi connectivity index (χ1n) is 5.86. The molecule has 0 unspecified atom stereocenters. The number of hydrogen-bond acceptors (Lipinski definition) is 3. The van der Waals surface area contributed by atoms with Crippen LogP contribution in [0.15, 0.2) is 18.2 Å². The summed E-state index contributed by atoms with van der Waals surface area (Å²) in [6.45, 7) is 0.765. The van der Waals surface area contributed by atoms with Gasteiger partial charge in [-0.15, -0.1) is 0 Å². The zero-order valence-electron chi connectivity index (χ0n) is 9.74. The summed E-state index contributed by atoms with van der Waals surface area (Å²) in [6, 6.07) is 5.53. The number of methoxy groups -OCH3 is 1. The van der Waals surface area contributed by atoms with Crippen molar-refractivity contribution in [3.05, 3.63) is 18.2 Å². The minimum Gasteiger partial charge on any atom is -0.497 e. The highest BCUT2D eigenvalue weighted by atomic mass is 16.5. The molecule has 1 aliphatic carbocycles. The molecule has 0 saturated heterocycles. The highest BCUT2D eigenvalue weighted by molar-refractivity contribution is 5.56. The monoisotopic (exact) mass is 221 g/mol. The Balaban J connectivity index is 1.83. The lowest BCUT2D eigenvalue weighted by atomic mass is 9.83. The van der Waals surface area contributed by atoms with Crippen LogP contribution in [0.4, 0.5) is 5.69 Å². The van der Waals surface area contributed by atoms with Crippen molar-refractivity contribution in [1.29, 1.82) is 0 Å². The van der Waals surface area contributed by atoms with Gasteiger partial charge in [0.1, 0.15) is 11.5 Å². The standard InChI is InChI=1S/C13H19NO2/c1-15-11-5-6-13(12(14)9-11)16-8-7-10-3-2-4-10/h5-6,9-10H,2-4,7-8,14H2,1H3. The second-order valence-corrected chi connectivity index (χ2v) is 4.34. The van der Waals surface area contributed by atoms with Crippen molar-refractivity contribution in [3.8, 4) is 11.5 Å². The summed E-state index contributed by atoms with van der Waals surface area (Å²) in [5.74, 6) is 2.41. The molecule has 0 atom stereocenters. The van der Waals surface area contributed by atoms with E-state index in [4.69, 9.17) is 15.2 Å². The van der Waals surface area contributed by atoms with E-state index in [9.17, 15) is 0 Å². The Morgan fingerprint density at radius 2 is 2.19 bits per heavy atom. The zero-order chi connectivity index (χ0) is 11.4. The van der Waals surface area contributed by atoms with Gasteiger partial charge in [0.05, 0.1) is 19.4 Å². The van der Waals surface area contributed by atoms with Crippen LogP contribution >= 0.6 is 0 Å². The van der Waals surface area contributed by atoms with Gasteiger partial charge in [0.15, 0.2) is 0 Å². The Bertz CT molecular complexity index is 348. The summed E-state index contributed by atoms with van der Waals surface area (Å²) in [6.07, 6.45) is 5.25. The van der Waals surface area contributed by atoms with E-state index in [0.717, 1.165) is 30.4 Å². The summed E-state index contributed by atoms with van der Waals surface area (Å²) >= 11 is 0.